The highest BCUT2D eigenvalue weighted by Gasteiger charge is 2.47. The fourth-order valence-corrected chi connectivity index (χ4v) is 2.47. The molecule has 3 rings (SSSR count). The molecule has 0 saturated carbocycles. The Balaban J connectivity index is 1.87. The van der Waals surface area contributed by atoms with Crippen molar-refractivity contribution in [3.8, 4) is 0 Å². The number of pyridine rings is 1. The summed E-state index contributed by atoms with van der Waals surface area (Å²) in [6.07, 6.45) is 3.75. The van der Waals surface area contributed by atoms with Gasteiger partial charge < -0.3 is 14.8 Å². The molecule has 2 aliphatic rings. The second-order valence-electron chi connectivity index (χ2n) is 4.47. The lowest BCUT2D eigenvalue weighted by molar-refractivity contribution is -0.101. The first kappa shape index (κ1) is 10.2. The van der Waals surface area contributed by atoms with Gasteiger partial charge in [-0.2, -0.15) is 0 Å². The van der Waals surface area contributed by atoms with Gasteiger partial charge in [0.1, 0.15) is 0 Å². The molecule has 3 heterocycles. The number of nitrogens with one attached hydrogen (secondary N) is 1. The van der Waals surface area contributed by atoms with Crippen molar-refractivity contribution in [1.29, 1.82) is 0 Å². The third kappa shape index (κ3) is 1.54. The van der Waals surface area contributed by atoms with E-state index in [1.807, 2.05) is 18.5 Å². The van der Waals surface area contributed by atoms with Gasteiger partial charge in [-0.1, -0.05) is 6.07 Å². The number of rotatable bonds is 2. The summed E-state index contributed by atoms with van der Waals surface area (Å²) < 4.78 is 11.0. The average Bonchev–Trinajstić information content (AvgIpc) is 2.31. The van der Waals surface area contributed by atoms with Crippen molar-refractivity contribution in [2.24, 2.45) is 0 Å². The van der Waals surface area contributed by atoms with Crippen LogP contribution in [0.15, 0.2) is 24.5 Å². The highest BCUT2D eigenvalue weighted by molar-refractivity contribution is 5.28. The third-order valence-corrected chi connectivity index (χ3v) is 3.54. The summed E-state index contributed by atoms with van der Waals surface area (Å²) in [6, 6.07) is 4.46. The Morgan fingerprint density at radius 2 is 2.31 bits per heavy atom. The standard InChI is InChI=1S/C12H16N2O2/c1-2-10(6-13-3-1)12(8-16-9-12)11-7-15-5-4-14-11/h1-3,6,11,14H,4-5,7-9H2. The SMILES string of the molecule is c1cncc(C2(C3COCCN3)COC2)c1. The Hall–Kier alpha value is -0.970. The highest BCUT2D eigenvalue weighted by Crippen LogP contribution is 2.36. The number of ether oxygens (including phenoxy) is 2. The zero-order chi connectivity index (χ0) is 10.8. The van der Waals surface area contributed by atoms with E-state index in [0.717, 1.165) is 33.0 Å². The first-order valence-corrected chi connectivity index (χ1v) is 5.71. The van der Waals surface area contributed by atoms with E-state index in [2.05, 4.69) is 16.4 Å². The summed E-state index contributed by atoms with van der Waals surface area (Å²) >= 11 is 0. The monoisotopic (exact) mass is 220 g/mol. The van der Waals surface area contributed by atoms with E-state index in [4.69, 9.17) is 9.47 Å². The Morgan fingerprint density at radius 3 is 2.88 bits per heavy atom. The number of nitrogens with zero attached hydrogens (tertiary/aromatic N) is 1. The zero-order valence-corrected chi connectivity index (χ0v) is 9.19. The van der Waals surface area contributed by atoms with Gasteiger partial charge in [0.25, 0.3) is 0 Å². The summed E-state index contributed by atoms with van der Waals surface area (Å²) in [5.74, 6) is 0. The lowest BCUT2D eigenvalue weighted by Crippen LogP contribution is -2.63. The maximum absolute atomic E-state index is 5.55. The molecule has 0 bridgehead atoms. The number of hydrogen-bond acceptors (Lipinski definition) is 4. The molecule has 2 fully saturated rings. The Bertz CT molecular complexity index is 345. The van der Waals surface area contributed by atoms with Gasteiger partial charge >= 0.3 is 0 Å². The predicted octanol–water partition coefficient (Wildman–Crippen LogP) is 0.338. The van der Waals surface area contributed by atoms with E-state index in [1.54, 1.807) is 0 Å². The first-order valence-electron chi connectivity index (χ1n) is 5.71. The number of hydrogen-bond donors (Lipinski definition) is 1. The third-order valence-electron chi connectivity index (χ3n) is 3.54. The molecule has 4 nitrogen and oxygen atoms in total. The molecule has 2 saturated heterocycles. The quantitative estimate of drug-likeness (QED) is 0.780. The molecule has 0 aromatic carbocycles. The molecule has 4 heteroatoms. The molecule has 16 heavy (non-hydrogen) atoms. The Kier molecular flexibility index (Phi) is 2.63. The summed E-state index contributed by atoms with van der Waals surface area (Å²) in [5.41, 5.74) is 1.32. The molecular formula is C12H16N2O2. The zero-order valence-electron chi connectivity index (χ0n) is 9.19. The molecule has 1 aromatic heterocycles. The van der Waals surface area contributed by atoms with E-state index >= 15 is 0 Å². The maximum Gasteiger partial charge on any atom is 0.0630 e. The lowest BCUT2D eigenvalue weighted by Gasteiger charge is -2.48. The number of aromatic nitrogens is 1. The van der Waals surface area contributed by atoms with Crippen LogP contribution < -0.4 is 5.32 Å². The van der Waals surface area contributed by atoms with Crippen LogP contribution in [0.1, 0.15) is 5.56 Å². The van der Waals surface area contributed by atoms with Crippen LogP contribution in [0.3, 0.4) is 0 Å². The van der Waals surface area contributed by atoms with E-state index in [9.17, 15) is 0 Å². The molecule has 2 aliphatic heterocycles. The molecule has 0 spiro atoms. The lowest BCUT2D eigenvalue weighted by atomic mass is 9.73. The molecular weight excluding hydrogens is 204 g/mol. The summed E-state index contributed by atoms with van der Waals surface area (Å²) in [6.45, 7) is 4.02. The van der Waals surface area contributed by atoms with Crippen LogP contribution in [0.25, 0.3) is 0 Å². The minimum absolute atomic E-state index is 0.0642. The molecule has 86 valence electrons. The predicted molar refractivity (Wildman–Crippen MR) is 59.3 cm³/mol. The van der Waals surface area contributed by atoms with Crippen LogP contribution in [0.5, 0.6) is 0 Å². The average molecular weight is 220 g/mol. The second kappa shape index (κ2) is 4.13. The molecule has 0 radical (unpaired) electrons. The normalized spacial score (nSPS) is 28.4. The molecule has 1 N–H and O–H groups in total. The van der Waals surface area contributed by atoms with Crippen LogP contribution in [0, 0.1) is 0 Å². The topological polar surface area (TPSA) is 43.4 Å². The molecule has 1 unspecified atom stereocenters. The summed E-state index contributed by atoms with van der Waals surface area (Å²) in [5, 5.41) is 3.53. The minimum Gasteiger partial charge on any atom is -0.379 e. The molecule has 1 atom stereocenters. The molecule has 1 aromatic rings. The van der Waals surface area contributed by atoms with Crippen molar-refractivity contribution in [2.45, 2.75) is 11.5 Å². The van der Waals surface area contributed by atoms with Crippen molar-refractivity contribution in [1.82, 2.24) is 10.3 Å². The second-order valence-corrected chi connectivity index (χ2v) is 4.47. The minimum atomic E-state index is 0.0642. The first-order chi connectivity index (χ1) is 7.92. The fraction of sp³-hybridized carbons (Fsp3) is 0.583. The van der Waals surface area contributed by atoms with E-state index < -0.39 is 0 Å². The molecule has 0 aliphatic carbocycles. The van der Waals surface area contributed by atoms with E-state index in [-0.39, 0.29) is 5.41 Å². The van der Waals surface area contributed by atoms with Crippen LogP contribution in [-0.4, -0.2) is 44.0 Å². The number of morpholine rings is 1. The summed E-state index contributed by atoms with van der Waals surface area (Å²) in [7, 11) is 0. The Morgan fingerprint density at radius 1 is 1.38 bits per heavy atom. The van der Waals surface area contributed by atoms with Crippen molar-refractivity contribution in [3.05, 3.63) is 30.1 Å². The van der Waals surface area contributed by atoms with Gasteiger partial charge in [-0.25, -0.2) is 0 Å². The van der Waals surface area contributed by atoms with Crippen molar-refractivity contribution in [2.75, 3.05) is 33.0 Å². The van der Waals surface area contributed by atoms with Crippen LogP contribution in [-0.2, 0) is 14.9 Å². The smallest absolute Gasteiger partial charge is 0.0630 e. The Labute approximate surface area is 95.0 Å². The van der Waals surface area contributed by atoms with Crippen LogP contribution in [0.4, 0.5) is 0 Å². The van der Waals surface area contributed by atoms with Gasteiger partial charge in [0, 0.05) is 25.0 Å². The van der Waals surface area contributed by atoms with Crippen LogP contribution >= 0.6 is 0 Å². The van der Waals surface area contributed by atoms with Gasteiger partial charge in [0.2, 0.25) is 0 Å². The van der Waals surface area contributed by atoms with E-state index in [0.29, 0.717) is 6.04 Å². The highest BCUT2D eigenvalue weighted by atomic mass is 16.5. The van der Waals surface area contributed by atoms with Gasteiger partial charge in [-0.15, -0.1) is 0 Å². The van der Waals surface area contributed by atoms with Crippen LogP contribution in [0.2, 0.25) is 0 Å². The maximum atomic E-state index is 5.55. The van der Waals surface area contributed by atoms with Crippen molar-refractivity contribution in [3.63, 3.8) is 0 Å². The molecule has 0 amide bonds. The fourth-order valence-electron chi connectivity index (χ4n) is 2.47. The summed E-state index contributed by atoms with van der Waals surface area (Å²) in [4.78, 5) is 4.20. The van der Waals surface area contributed by atoms with Gasteiger partial charge in [0.05, 0.1) is 31.8 Å². The van der Waals surface area contributed by atoms with Gasteiger partial charge in [-0.05, 0) is 11.6 Å². The van der Waals surface area contributed by atoms with Crippen molar-refractivity contribution >= 4 is 0 Å². The van der Waals surface area contributed by atoms with Crippen molar-refractivity contribution < 1.29 is 9.47 Å². The largest absolute Gasteiger partial charge is 0.379 e. The van der Waals surface area contributed by atoms with E-state index in [1.165, 1.54) is 5.56 Å². The van der Waals surface area contributed by atoms with Gasteiger partial charge in [-0.3, -0.25) is 4.98 Å². The van der Waals surface area contributed by atoms with Gasteiger partial charge in [0.15, 0.2) is 0 Å².